The molecule has 1 aromatic rings. The van der Waals surface area contributed by atoms with Gasteiger partial charge in [0.05, 0.1) is 11.7 Å². The van der Waals surface area contributed by atoms with Gasteiger partial charge >= 0.3 is 0 Å². The summed E-state index contributed by atoms with van der Waals surface area (Å²) in [5.41, 5.74) is 0.661. The Morgan fingerprint density at radius 2 is 2.26 bits per heavy atom. The van der Waals surface area contributed by atoms with Crippen molar-refractivity contribution in [1.29, 1.82) is 5.26 Å². The highest BCUT2D eigenvalue weighted by atomic mass is 16.3. The second-order valence-corrected chi connectivity index (χ2v) is 5.62. The highest BCUT2D eigenvalue weighted by molar-refractivity contribution is 5.54. The Balaban J connectivity index is 1.89. The van der Waals surface area contributed by atoms with Crippen LogP contribution in [0.3, 0.4) is 0 Å². The number of aliphatic hydroxyl groups excluding tert-OH is 1. The van der Waals surface area contributed by atoms with Gasteiger partial charge in [-0.15, -0.1) is 0 Å². The van der Waals surface area contributed by atoms with Gasteiger partial charge in [-0.2, -0.15) is 5.26 Å². The third-order valence-electron chi connectivity index (χ3n) is 4.47. The van der Waals surface area contributed by atoms with Crippen LogP contribution in [0.4, 0.5) is 5.82 Å². The number of nitrogens with zero attached hydrogens (tertiary/aromatic N) is 3. The Kier molecular flexibility index (Phi) is 3.39. The monoisotopic (exact) mass is 257 g/mol. The Morgan fingerprint density at radius 1 is 1.37 bits per heavy atom. The highest BCUT2D eigenvalue weighted by Crippen LogP contribution is 2.37. The van der Waals surface area contributed by atoms with E-state index >= 15 is 0 Å². The molecule has 3 atom stereocenters. The van der Waals surface area contributed by atoms with E-state index in [1.54, 1.807) is 6.20 Å². The van der Waals surface area contributed by atoms with Crippen LogP contribution in [0.1, 0.15) is 37.7 Å². The topological polar surface area (TPSA) is 60.2 Å². The van der Waals surface area contributed by atoms with Gasteiger partial charge in [-0.25, -0.2) is 4.98 Å². The number of nitriles is 1. The van der Waals surface area contributed by atoms with E-state index in [1.165, 1.54) is 6.42 Å². The first-order valence-corrected chi connectivity index (χ1v) is 7.09. The van der Waals surface area contributed by atoms with Crippen LogP contribution in [0.15, 0.2) is 18.3 Å². The lowest BCUT2D eigenvalue weighted by Crippen LogP contribution is -2.49. The molecule has 0 amide bonds. The fourth-order valence-electron chi connectivity index (χ4n) is 3.61. The maximum Gasteiger partial charge on any atom is 0.146 e. The summed E-state index contributed by atoms with van der Waals surface area (Å²) >= 11 is 0. The lowest BCUT2D eigenvalue weighted by Gasteiger charge is -2.46. The molecule has 3 rings (SSSR count). The number of piperidine rings is 1. The number of hydrogen-bond acceptors (Lipinski definition) is 4. The molecule has 3 unspecified atom stereocenters. The number of fused-ring (bicyclic) bond motifs is 1. The molecule has 1 aliphatic carbocycles. The fourth-order valence-corrected chi connectivity index (χ4v) is 3.61. The maximum absolute atomic E-state index is 9.82. The number of rotatable bonds is 1. The van der Waals surface area contributed by atoms with E-state index in [4.69, 9.17) is 0 Å². The summed E-state index contributed by atoms with van der Waals surface area (Å²) in [6.45, 7) is 0.975. The number of aromatic nitrogens is 1. The molecule has 1 aromatic heterocycles. The van der Waals surface area contributed by atoms with Crippen molar-refractivity contribution < 1.29 is 5.11 Å². The first-order chi connectivity index (χ1) is 9.29. The van der Waals surface area contributed by atoms with Crippen LogP contribution < -0.4 is 4.90 Å². The third kappa shape index (κ3) is 2.31. The average molecular weight is 257 g/mol. The minimum absolute atomic E-state index is 0.139. The number of pyridine rings is 1. The normalized spacial score (nSPS) is 30.5. The smallest absolute Gasteiger partial charge is 0.146 e. The Morgan fingerprint density at radius 3 is 3.11 bits per heavy atom. The molecule has 0 bridgehead atoms. The van der Waals surface area contributed by atoms with Crippen LogP contribution in [0, 0.1) is 17.2 Å². The molecule has 0 aromatic carbocycles. The first kappa shape index (κ1) is 12.4. The molecule has 4 nitrogen and oxygen atoms in total. The molecule has 1 saturated carbocycles. The molecule has 1 saturated heterocycles. The standard InChI is InChI=1S/C15H19N3O/c16-10-12-3-1-7-17-15(12)18-8-2-4-11-9-13(19)5-6-14(11)18/h1,3,7,11,13-14,19H,2,4-6,8-9H2. The molecule has 0 radical (unpaired) electrons. The van der Waals surface area contributed by atoms with Crippen LogP contribution in [-0.4, -0.2) is 28.8 Å². The van der Waals surface area contributed by atoms with E-state index in [2.05, 4.69) is 16.0 Å². The van der Waals surface area contributed by atoms with Crippen LogP contribution in [0.2, 0.25) is 0 Å². The zero-order valence-electron chi connectivity index (χ0n) is 11.0. The Hall–Kier alpha value is -1.60. The molecular formula is C15H19N3O. The summed E-state index contributed by atoms with van der Waals surface area (Å²) < 4.78 is 0. The molecular weight excluding hydrogens is 238 g/mol. The molecule has 2 aliphatic rings. The minimum Gasteiger partial charge on any atom is -0.393 e. The average Bonchev–Trinajstić information content (AvgIpc) is 2.46. The van der Waals surface area contributed by atoms with Crippen molar-refractivity contribution in [2.45, 2.75) is 44.2 Å². The van der Waals surface area contributed by atoms with Crippen LogP contribution in [0.5, 0.6) is 0 Å². The van der Waals surface area contributed by atoms with Gasteiger partial charge < -0.3 is 10.0 Å². The van der Waals surface area contributed by atoms with Crippen LogP contribution in [0.25, 0.3) is 0 Å². The molecule has 1 aliphatic heterocycles. The summed E-state index contributed by atoms with van der Waals surface area (Å²) in [7, 11) is 0. The van der Waals surface area contributed by atoms with E-state index in [0.29, 0.717) is 17.5 Å². The summed E-state index contributed by atoms with van der Waals surface area (Å²) in [6, 6.07) is 6.34. The molecule has 100 valence electrons. The van der Waals surface area contributed by atoms with Gasteiger partial charge in [0, 0.05) is 18.8 Å². The van der Waals surface area contributed by atoms with Crippen LogP contribution in [-0.2, 0) is 0 Å². The first-order valence-electron chi connectivity index (χ1n) is 7.09. The van der Waals surface area contributed by atoms with E-state index < -0.39 is 0 Å². The van der Waals surface area contributed by atoms with Crippen molar-refractivity contribution >= 4 is 5.82 Å². The number of hydrogen-bond donors (Lipinski definition) is 1. The van der Waals surface area contributed by atoms with Gasteiger partial charge in [0.25, 0.3) is 0 Å². The van der Waals surface area contributed by atoms with Crippen molar-refractivity contribution in [2.24, 2.45) is 5.92 Å². The zero-order chi connectivity index (χ0) is 13.2. The Bertz CT molecular complexity index is 496. The summed E-state index contributed by atoms with van der Waals surface area (Å²) in [6.07, 6.45) is 6.70. The molecule has 2 fully saturated rings. The van der Waals surface area contributed by atoms with Gasteiger partial charge in [0.2, 0.25) is 0 Å². The van der Waals surface area contributed by atoms with E-state index in [9.17, 15) is 10.4 Å². The second-order valence-electron chi connectivity index (χ2n) is 5.62. The predicted octanol–water partition coefficient (Wildman–Crippen LogP) is 2.08. The summed E-state index contributed by atoms with van der Waals surface area (Å²) in [5.74, 6) is 1.38. The maximum atomic E-state index is 9.82. The highest BCUT2D eigenvalue weighted by Gasteiger charge is 2.37. The van der Waals surface area contributed by atoms with Gasteiger partial charge in [0.15, 0.2) is 0 Å². The molecule has 1 N–H and O–H groups in total. The second kappa shape index (κ2) is 5.18. The predicted molar refractivity (Wildman–Crippen MR) is 72.7 cm³/mol. The molecule has 2 heterocycles. The van der Waals surface area contributed by atoms with Crippen molar-refractivity contribution in [2.75, 3.05) is 11.4 Å². The minimum atomic E-state index is -0.139. The van der Waals surface area contributed by atoms with Crippen molar-refractivity contribution in [3.63, 3.8) is 0 Å². The van der Waals surface area contributed by atoms with E-state index in [1.807, 2.05) is 12.1 Å². The quantitative estimate of drug-likeness (QED) is 0.836. The van der Waals surface area contributed by atoms with E-state index in [-0.39, 0.29) is 6.10 Å². The fraction of sp³-hybridized carbons (Fsp3) is 0.600. The van der Waals surface area contributed by atoms with Gasteiger partial charge in [-0.05, 0) is 50.2 Å². The summed E-state index contributed by atoms with van der Waals surface area (Å²) in [5, 5.41) is 19.0. The molecule has 19 heavy (non-hydrogen) atoms. The van der Waals surface area contributed by atoms with E-state index in [0.717, 1.165) is 38.0 Å². The Labute approximate surface area is 113 Å². The summed E-state index contributed by atoms with van der Waals surface area (Å²) in [4.78, 5) is 6.73. The lowest BCUT2D eigenvalue weighted by atomic mass is 9.77. The number of aliphatic hydroxyl groups is 1. The van der Waals surface area contributed by atoms with Crippen molar-refractivity contribution in [3.05, 3.63) is 23.9 Å². The van der Waals surface area contributed by atoms with Crippen LogP contribution >= 0.6 is 0 Å². The molecule has 4 heteroatoms. The van der Waals surface area contributed by atoms with Gasteiger partial charge in [-0.1, -0.05) is 0 Å². The van der Waals surface area contributed by atoms with Crippen molar-refractivity contribution in [3.8, 4) is 6.07 Å². The third-order valence-corrected chi connectivity index (χ3v) is 4.47. The van der Waals surface area contributed by atoms with Crippen molar-refractivity contribution in [1.82, 2.24) is 4.98 Å². The number of anilines is 1. The largest absolute Gasteiger partial charge is 0.393 e. The molecule has 0 spiro atoms. The lowest BCUT2D eigenvalue weighted by molar-refractivity contribution is 0.0772. The van der Waals surface area contributed by atoms with Gasteiger partial charge in [-0.3, -0.25) is 0 Å². The zero-order valence-corrected chi connectivity index (χ0v) is 11.0. The SMILES string of the molecule is N#Cc1cccnc1N1CCCC2CC(O)CCC21. The van der Waals surface area contributed by atoms with Gasteiger partial charge in [0.1, 0.15) is 11.9 Å².